The van der Waals surface area contributed by atoms with Crippen molar-refractivity contribution in [1.29, 1.82) is 0 Å². The van der Waals surface area contributed by atoms with E-state index in [1.54, 1.807) is 16.4 Å². The Hall–Kier alpha value is -0.140. The molecule has 0 spiro atoms. The van der Waals surface area contributed by atoms with Gasteiger partial charge >= 0.3 is 0 Å². The van der Waals surface area contributed by atoms with Gasteiger partial charge in [-0.3, -0.25) is 0 Å². The minimum atomic E-state index is -3.39. The van der Waals surface area contributed by atoms with Crippen molar-refractivity contribution in [3.63, 3.8) is 0 Å². The second-order valence-electron chi connectivity index (χ2n) is 4.38. The van der Waals surface area contributed by atoms with Crippen LogP contribution in [0.4, 0.5) is 0 Å². The van der Waals surface area contributed by atoms with Crippen LogP contribution in [0.15, 0.2) is 16.3 Å². The van der Waals surface area contributed by atoms with Crippen molar-refractivity contribution >= 4 is 33.0 Å². The Morgan fingerprint density at radius 2 is 2.28 bits per heavy atom. The van der Waals surface area contributed by atoms with E-state index in [4.69, 9.17) is 11.6 Å². The summed E-state index contributed by atoms with van der Waals surface area (Å²) >= 11 is 6.95. The first-order valence-electron chi connectivity index (χ1n) is 5.97. The van der Waals surface area contributed by atoms with Gasteiger partial charge in [0.2, 0.25) is 0 Å². The molecule has 1 aliphatic heterocycles. The predicted octanol–water partition coefficient (Wildman–Crippen LogP) is 2.16. The number of hydrogen-bond acceptors (Lipinski definition) is 4. The normalized spacial score (nSPS) is 22.2. The Labute approximate surface area is 117 Å². The van der Waals surface area contributed by atoms with Gasteiger partial charge in [-0.2, -0.15) is 4.31 Å². The smallest absolute Gasteiger partial charge is 0.252 e. The van der Waals surface area contributed by atoms with Gasteiger partial charge in [0.05, 0.1) is 4.34 Å². The first-order valence-corrected chi connectivity index (χ1v) is 8.61. The van der Waals surface area contributed by atoms with Crippen LogP contribution in [0.3, 0.4) is 0 Å². The zero-order chi connectivity index (χ0) is 13.2. The number of hydrogen-bond donors (Lipinski definition) is 1. The molecule has 18 heavy (non-hydrogen) atoms. The van der Waals surface area contributed by atoms with Gasteiger partial charge in [0.25, 0.3) is 10.0 Å². The van der Waals surface area contributed by atoms with Gasteiger partial charge in [0, 0.05) is 19.1 Å². The molecule has 0 saturated carbocycles. The maximum absolute atomic E-state index is 12.5. The van der Waals surface area contributed by atoms with E-state index in [2.05, 4.69) is 5.32 Å². The van der Waals surface area contributed by atoms with Gasteiger partial charge < -0.3 is 5.32 Å². The van der Waals surface area contributed by atoms with Crippen LogP contribution in [0.25, 0.3) is 0 Å². The van der Waals surface area contributed by atoms with Gasteiger partial charge in [0.15, 0.2) is 0 Å². The molecule has 0 aliphatic carbocycles. The fourth-order valence-corrected chi connectivity index (χ4v) is 5.59. The summed E-state index contributed by atoms with van der Waals surface area (Å²) in [6.45, 7) is 1.29. The maximum atomic E-state index is 12.5. The monoisotopic (exact) mass is 308 g/mol. The fraction of sp³-hybridized carbons (Fsp3) is 0.636. The second kappa shape index (κ2) is 5.88. The molecule has 2 heterocycles. The van der Waals surface area contributed by atoms with Crippen LogP contribution in [0.1, 0.15) is 19.3 Å². The predicted molar refractivity (Wildman–Crippen MR) is 74.8 cm³/mol. The molecule has 1 atom stereocenters. The van der Waals surface area contributed by atoms with Crippen LogP contribution < -0.4 is 5.32 Å². The molecule has 1 aliphatic rings. The molecule has 0 bridgehead atoms. The molecule has 1 aromatic rings. The molecule has 102 valence electrons. The Kier molecular flexibility index (Phi) is 4.66. The Morgan fingerprint density at radius 3 is 2.89 bits per heavy atom. The van der Waals surface area contributed by atoms with Crippen molar-refractivity contribution in [2.75, 3.05) is 20.1 Å². The maximum Gasteiger partial charge on any atom is 0.252 e. The van der Waals surface area contributed by atoms with E-state index >= 15 is 0 Å². The van der Waals surface area contributed by atoms with Crippen LogP contribution in [0, 0.1) is 0 Å². The van der Waals surface area contributed by atoms with Crippen LogP contribution in [0.2, 0.25) is 4.34 Å². The van der Waals surface area contributed by atoms with Crippen molar-refractivity contribution in [3.8, 4) is 0 Å². The topological polar surface area (TPSA) is 49.4 Å². The number of piperidine rings is 1. The summed E-state index contributed by atoms with van der Waals surface area (Å²) in [6, 6.07) is 3.28. The molecule has 0 amide bonds. The molecule has 1 N–H and O–H groups in total. The van der Waals surface area contributed by atoms with Crippen molar-refractivity contribution in [2.24, 2.45) is 0 Å². The number of thiophene rings is 1. The quantitative estimate of drug-likeness (QED) is 0.927. The van der Waals surface area contributed by atoms with Crippen LogP contribution in [-0.4, -0.2) is 38.9 Å². The highest BCUT2D eigenvalue weighted by atomic mass is 35.5. The van der Waals surface area contributed by atoms with Crippen molar-refractivity contribution in [3.05, 3.63) is 16.5 Å². The van der Waals surface area contributed by atoms with Gasteiger partial charge in [-0.1, -0.05) is 18.0 Å². The Balaban J connectivity index is 2.27. The third-order valence-corrected chi connectivity index (χ3v) is 6.77. The zero-order valence-corrected chi connectivity index (χ0v) is 12.6. The summed E-state index contributed by atoms with van der Waals surface area (Å²) < 4.78 is 27.5. The SMILES string of the molecule is CNCC1CCCCN1S(=O)(=O)c1ccc(Cl)s1. The minimum Gasteiger partial charge on any atom is -0.318 e. The minimum absolute atomic E-state index is 0.0506. The molecule has 4 nitrogen and oxygen atoms in total. The lowest BCUT2D eigenvalue weighted by Gasteiger charge is -2.34. The first-order chi connectivity index (χ1) is 8.55. The van der Waals surface area contributed by atoms with E-state index in [9.17, 15) is 8.42 Å². The van der Waals surface area contributed by atoms with E-state index in [0.717, 1.165) is 30.6 Å². The van der Waals surface area contributed by atoms with E-state index in [-0.39, 0.29) is 6.04 Å². The second-order valence-corrected chi connectivity index (χ2v) is 8.21. The molecule has 0 radical (unpaired) electrons. The Bertz CT molecular complexity index is 499. The largest absolute Gasteiger partial charge is 0.318 e. The van der Waals surface area contributed by atoms with Crippen LogP contribution in [-0.2, 0) is 10.0 Å². The highest BCUT2D eigenvalue weighted by Crippen LogP contribution is 2.31. The van der Waals surface area contributed by atoms with Crippen molar-refractivity contribution in [2.45, 2.75) is 29.5 Å². The molecule has 1 unspecified atom stereocenters. The third-order valence-electron chi connectivity index (χ3n) is 3.12. The number of likely N-dealkylation sites (N-methyl/N-ethyl adjacent to an activating group) is 1. The highest BCUT2D eigenvalue weighted by Gasteiger charge is 2.33. The van der Waals surface area contributed by atoms with E-state index in [0.29, 0.717) is 21.6 Å². The van der Waals surface area contributed by atoms with Crippen LogP contribution in [0.5, 0.6) is 0 Å². The van der Waals surface area contributed by atoms with Crippen molar-refractivity contribution < 1.29 is 8.42 Å². The fourth-order valence-electron chi connectivity index (χ4n) is 2.28. The van der Waals surface area contributed by atoms with E-state index in [1.807, 2.05) is 7.05 Å². The van der Waals surface area contributed by atoms with E-state index in [1.165, 1.54) is 0 Å². The summed E-state index contributed by atoms with van der Waals surface area (Å²) in [5, 5.41) is 3.07. The van der Waals surface area contributed by atoms with Crippen LogP contribution >= 0.6 is 22.9 Å². The molecule has 1 fully saturated rings. The van der Waals surface area contributed by atoms with Gasteiger partial charge in [-0.25, -0.2) is 8.42 Å². The lowest BCUT2D eigenvalue weighted by Crippen LogP contribution is -2.47. The summed E-state index contributed by atoms with van der Waals surface area (Å²) in [7, 11) is -1.54. The van der Waals surface area contributed by atoms with Gasteiger partial charge in [-0.15, -0.1) is 11.3 Å². The molecule has 2 rings (SSSR count). The number of halogens is 1. The number of sulfonamides is 1. The molecular weight excluding hydrogens is 292 g/mol. The average molecular weight is 309 g/mol. The molecular formula is C11H17ClN2O2S2. The number of nitrogens with one attached hydrogen (secondary N) is 1. The van der Waals surface area contributed by atoms with E-state index < -0.39 is 10.0 Å². The Morgan fingerprint density at radius 1 is 1.50 bits per heavy atom. The summed E-state index contributed by atoms with van der Waals surface area (Å²) in [5.74, 6) is 0. The number of rotatable bonds is 4. The summed E-state index contributed by atoms with van der Waals surface area (Å²) in [6.07, 6.45) is 2.93. The third kappa shape index (κ3) is 2.88. The first kappa shape index (κ1) is 14.3. The molecule has 1 saturated heterocycles. The summed E-state index contributed by atoms with van der Waals surface area (Å²) in [4.78, 5) is 0. The standard InChI is InChI=1S/C11H17ClN2O2S2/c1-13-8-9-4-2-3-7-14(9)18(15,16)11-6-5-10(12)17-11/h5-6,9,13H,2-4,7-8H2,1H3. The van der Waals surface area contributed by atoms with Gasteiger partial charge in [-0.05, 0) is 32.0 Å². The molecule has 7 heteroatoms. The van der Waals surface area contributed by atoms with Gasteiger partial charge in [0.1, 0.15) is 4.21 Å². The molecule has 0 aromatic carbocycles. The molecule has 1 aromatic heterocycles. The lowest BCUT2D eigenvalue weighted by atomic mass is 10.1. The zero-order valence-electron chi connectivity index (χ0n) is 10.2. The average Bonchev–Trinajstić information content (AvgIpc) is 2.78. The summed E-state index contributed by atoms with van der Waals surface area (Å²) in [5.41, 5.74) is 0. The van der Waals surface area contributed by atoms with Crippen molar-refractivity contribution in [1.82, 2.24) is 9.62 Å². The highest BCUT2D eigenvalue weighted by molar-refractivity contribution is 7.91. The lowest BCUT2D eigenvalue weighted by molar-refractivity contribution is 0.249. The number of nitrogens with zero attached hydrogens (tertiary/aromatic N) is 1.